The lowest BCUT2D eigenvalue weighted by Gasteiger charge is -2.12. The highest BCUT2D eigenvalue weighted by atomic mass is 16.5. The smallest absolute Gasteiger partial charge is 0.168 e. The largest absolute Gasteiger partial charge is 0.504 e. The van der Waals surface area contributed by atoms with E-state index in [4.69, 9.17) is 4.74 Å². The molecule has 0 saturated carbocycles. The maximum atomic E-state index is 11.0. The molecule has 0 radical (unpaired) electrons. The van der Waals surface area contributed by atoms with Gasteiger partial charge in [-0.15, -0.1) is 0 Å². The number of rotatable bonds is 5. The lowest BCUT2D eigenvalue weighted by Crippen LogP contribution is -2.10. The predicted molar refractivity (Wildman–Crippen MR) is 82.9 cm³/mol. The molecule has 0 saturated heterocycles. The first-order valence-corrected chi connectivity index (χ1v) is 6.65. The summed E-state index contributed by atoms with van der Waals surface area (Å²) in [6.45, 7) is 0.874. The molecule has 0 aliphatic rings. The molecule has 110 valence electrons. The van der Waals surface area contributed by atoms with Crippen LogP contribution >= 0.6 is 0 Å². The van der Waals surface area contributed by atoms with E-state index >= 15 is 0 Å². The van der Waals surface area contributed by atoms with Gasteiger partial charge in [-0.1, -0.05) is 24.3 Å². The van der Waals surface area contributed by atoms with Crippen molar-refractivity contribution in [1.82, 2.24) is 4.90 Å². The van der Waals surface area contributed by atoms with Crippen LogP contribution in [0.25, 0.3) is 11.1 Å². The van der Waals surface area contributed by atoms with Gasteiger partial charge in [0.05, 0.1) is 12.7 Å². The Hall–Kier alpha value is -2.33. The van der Waals surface area contributed by atoms with Crippen LogP contribution in [0.3, 0.4) is 0 Å². The first-order valence-electron chi connectivity index (χ1n) is 6.65. The average Bonchev–Trinajstić information content (AvgIpc) is 2.48. The van der Waals surface area contributed by atoms with Crippen molar-refractivity contribution >= 4 is 6.29 Å². The lowest BCUT2D eigenvalue weighted by atomic mass is 10.0. The summed E-state index contributed by atoms with van der Waals surface area (Å²) in [6, 6.07) is 11.5. The summed E-state index contributed by atoms with van der Waals surface area (Å²) >= 11 is 0. The Morgan fingerprint density at radius 3 is 2.33 bits per heavy atom. The van der Waals surface area contributed by atoms with E-state index in [-0.39, 0.29) is 11.3 Å². The molecule has 4 heteroatoms. The normalized spacial score (nSPS) is 10.7. The summed E-state index contributed by atoms with van der Waals surface area (Å²) in [4.78, 5) is 13.1. The number of nitrogens with zero attached hydrogens (tertiary/aromatic N) is 1. The Morgan fingerprint density at radius 2 is 1.81 bits per heavy atom. The zero-order valence-electron chi connectivity index (χ0n) is 12.5. The van der Waals surface area contributed by atoms with Gasteiger partial charge in [0.2, 0.25) is 0 Å². The monoisotopic (exact) mass is 285 g/mol. The third kappa shape index (κ3) is 3.41. The van der Waals surface area contributed by atoms with Crippen molar-refractivity contribution in [2.45, 2.75) is 6.54 Å². The van der Waals surface area contributed by atoms with E-state index in [1.165, 1.54) is 12.7 Å². The second-order valence-electron chi connectivity index (χ2n) is 5.17. The molecule has 0 aromatic heterocycles. The third-order valence-electron chi connectivity index (χ3n) is 3.24. The predicted octanol–water partition coefficient (Wildman–Crippen LogP) is 2.94. The number of methoxy groups -OCH3 is 1. The number of aromatic hydroxyl groups is 1. The molecule has 0 fully saturated rings. The average molecular weight is 285 g/mol. The van der Waals surface area contributed by atoms with Gasteiger partial charge in [-0.3, -0.25) is 4.79 Å². The highest BCUT2D eigenvalue weighted by Crippen LogP contribution is 2.34. The van der Waals surface area contributed by atoms with Gasteiger partial charge in [0.25, 0.3) is 0 Å². The van der Waals surface area contributed by atoms with Crippen LogP contribution in [-0.2, 0) is 6.54 Å². The van der Waals surface area contributed by atoms with Gasteiger partial charge in [0, 0.05) is 6.54 Å². The number of phenols is 1. The van der Waals surface area contributed by atoms with E-state index in [1.807, 2.05) is 26.2 Å². The molecule has 0 amide bonds. The number of phenolic OH excluding ortho intramolecular Hbond substituents is 1. The molecule has 2 aromatic rings. The molecular weight excluding hydrogens is 266 g/mol. The van der Waals surface area contributed by atoms with Crippen LogP contribution in [0.5, 0.6) is 11.5 Å². The summed E-state index contributed by atoms with van der Waals surface area (Å²) < 4.78 is 5.11. The van der Waals surface area contributed by atoms with Gasteiger partial charge in [0.15, 0.2) is 17.8 Å². The summed E-state index contributed by atoms with van der Waals surface area (Å²) in [6.07, 6.45) is 0.627. The Labute approximate surface area is 124 Å². The van der Waals surface area contributed by atoms with Crippen LogP contribution in [0.4, 0.5) is 0 Å². The fourth-order valence-electron chi connectivity index (χ4n) is 2.21. The van der Waals surface area contributed by atoms with Crippen LogP contribution in [0.15, 0.2) is 36.4 Å². The molecular formula is C17H19NO3. The highest BCUT2D eigenvalue weighted by molar-refractivity contribution is 5.85. The Balaban J connectivity index is 2.39. The van der Waals surface area contributed by atoms with E-state index in [0.29, 0.717) is 12.0 Å². The number of hydrogen-bond donors (Lipinski definition) is 1. The number of aldehydes is 1. The standard InChI is InChI=1S/C17H19NO3/c1-18(2)10-12-4-6-13(7-5-12)14-8-15(11-19)17(20)16(9-14)21-3/h4-9,11,20H,10H2,1-3H3. The van der Waals surface area contributed by atoms with Gasteiger partial charge in [-0.05, 0) is 42.9 Å². The number of ether oxygens (including phenoxy) is 1. The summed E-state index contributed by atoms with van der Waals surface area (Å²) in [5, 5.41) is 9.84. The zero-order valence-corrected chi connectivity index (χ0v) is 12.5. The van der Waals surface area contributed by atoms with Crippen molar-refractivity contribution in [3.8, 4) is 22.6 Å². The molecule has 0 atom stereocenters. The maximum absolute atomic E-state index is 11.0. The minimum absolute atomic E-state index is 0.125. The fraction of sp³-hybridized carbons (Fsp3) is 0.235. The van der Waals surface area contributed by atoms with Crippen molar-refractivity contribution in [3.63, 3.8) is 0 Å². The van der Waals surface area contributed by atoms with Crippen molar-refractivity contribution in [2.75, 3.05) is 21.2 Å². The minimum atomic E-state index is -0.125. The SMILES string of the molecule is COc1cc(-c2ccc(CN(C)C)cc2)cc(C=O)c1O. The van der Waals surface area contributed by atoms with Crippen molar-refractivity contribution in [2.24, 2.45) is 0 Å². The van der Waals surface area contributed by atoms with Crippen LogP contribution in [-0.4, -0.2) is 37.5 Å². The molecule has 21 heavy (non-hydrogen) atoms. The third-order valence-corrected chi connectivity index (χ3v) is 3.24. The molecule has 0 bridgehead atoms. The van der Waals surface area contributed by atoms with Crippen molar-refractivity contribution in [1.29, 1.82) is 0 Å². The number of carbonyl (C=O) groups is 1. The van der Waals surface area contributed by atoms with Crippen LogP contribution < -0.4 is 4.74 Å². The minimum Gasteiger partial charge on any atom is -0.504 e. The first kappa shape index (κ1) is 15.1. The topological polar surface area (TPSA) is 49.8 Å². The second-order valence-corrected chi connectivity index (χ2v) is 5.17. The summed E-state index contributed by atoms with van der Waals surface area (Å²) in [5.41, 5.74) is 3.24. The Morgan fingerprint density at radius 1 is 1.14 bits per heavy atom. The van der Waals surface area contributed by atoms with Crippen LogP contribution in [0.2, 0.25) is 0 Å². The number of benzene rings is 2. The number of hydrogen-bond acceptors (Lipinski definition) is 4. The Bertz CT molecular complexity index is 633. The summed E-state index contributed by atoms with van der Waals surface area (Å²) in [7, 11) is 5.51. The molecule has 4 nitrogen and oxygen atoms in total. The maximum Gasteiger partial charge on any atom is 0.168 e. The van der Waals surface area contributed by atoms with E-state index in [2.05, 4.69) is 17.0 Å². The van der Waals surface area contributed by atoms with Gasteiger partial charge in [0.1, 0.15) is 0 Å². The number of carbonyl (C=O) groups excluding carboxylic acids is 1. The van der Waals surface area contributed by atoms with E-state index in [1.54, 1.807) is 12.1 Å². The van der Waals surface area contributed by atoms with Crippen LogP contribution in [0, 0.1) is 0 Å². The molecule has 0 spiro atoms. The lowest BCUT2D eigenvalue weighted by molar-refractivity contribution is 0.112. The van der Waals surface area contributed by atoms with Gasteiger partial charge in [-0.25, -0.2) is 0 Å². The second kappa shape index (κ2) is 6.41. The van der Waals surface area contributed by atoms with Crippen molar-refractivity contribution < 1.29 is 14.6 Å². The van der Waals surface area contributed by atoms with Gasteiger partial charge < -0.3 is 14.7 Å². The van der Waals surface area contributed by atoms with E-state index < -0.39 is 0 Å². The fourth-order valence-corrected chi connectivity index (χ4v) is 2.21. The molecule has 0 heterocycles. The van der Waals surface area contributed by atoms with E-state index in [9.17, 15) is 9.90 Å². The van der Waals surface area contributed by atoms with E-state index in [0.717, 1.165) is 17.7 Å². The molecule has 0 aliphatic heterocycles. The quantitative estimate of drug-likeness (QED) is 0.858. The molecule has 2 aromatic carbocycles. The summed E-state index contributed by atoms with van der Waals surface area (Å²) in [5.74, 6) is 0.174. The van der Waals surface area contributed by atoms with Gasteiger partial charge in [-0.2, -0.15) is 0 Å². The molecule has 0 aliphatic carbocycles. The molecule has 0 unspecified atom stereocenters. The zero-order chi connectivity index (χ0) is 15.4. The van der Waals surface area contributed by atoms with Crippen molar-refractivity contribution in [3.05, 3.63) is 47.5 Å². The molecule has 2 rings (SSSR count). The highest BCUT2D eigenvalue weighted by Gasteiger charge is 2.11. The Kier molecular flexibility index (Phi) is 4.60. The van der Waals surface area contributed by atoms with Crippen LogP contribution in [0.1, 0.15) is 15.9 Å². The van der Waals surface area contributed by atoms with Gasteiger partial charge >= 0.3 is 0 Å². The molecule has 1 N–H and O–H groups in total. The first-order chi connectivity index (χ1) is 10.0.